The Morgan fingerprint density at radius 1 is 1.35 bits per heavy atom. The van der Waals surface area contributed by atoms with E-state index in [1.54, 1.807) is 41.2 Å². The molecule has 5 heterocycles. The number of carboxylic acids is 1. The van der Waals surface area contributed by atoms with Crippen LogP contribution in [0.3, 0.4) is 0 Å². The van der Waals surface area contributed by atoms with Gasteiger partial charge in [-0.1, -0.05) is 5.16 Å². The third kappa shape index (κ3) is 4.64. The standard InChI is InChI=1S/C24H24N8O6S2/c1-3-38-29-16(13-10-40-24(26)27-13)20(34)28-17-21(35)32-18(23(36)37)12(9-39-22(17)32)8-30-6-7-31-14(11(30)2)4-5-15(31)19(25)33/h4-7,10,17,22H,3,8-9H2,1-2H3,(H5-,25,26,27,28,33,34,36,37)/b29-16-/t17-,22+/m1/s1. The molecule has 0 aliphatic carbocycles. The van der Waals surface area contributed by atoms with Crippen LogP contribution in [-0.4, -0.2) is 67.5 Å². The molecule has 40 heavy (non-hydrogen) atoms. The number of amides is 3. The second-order valence-corrected chi connectivity index (χ2v) is 10.9. The van der Waals surface area contributed by atoms with Crippen molar-refractivity contribution in [2.45, 2.75) is 31.8 Å². The Kier molecular flexibility index (Phi) is 7.20. The van der Waals surface area contributed by atoms with E-state index in [9.17, 15) is 24.3 Å². The second-order valence-electron chi connectivity index (χ2n) is 8.88. The zero-order chi connectivity index (χ0) is 28.7. The van der Waals surface area contributed by atoms with Gasteiger partial charge in [0.05, 0.1) is 17.9 Å². The predicted molar refractivity (Wildman–Crippen MR) is 143 cm³/mol. The molecule has 0 spiro atoms. The van der Waals surface area contributed by atoms with Gasteiger partial charge in [0.15, 0.2) is 23.6 Å². The molecule has 0 unspecified atom stereocenters. The molecule has 0 saturated carbocycles. The molecule has 5 N–H and O–H groups in total. The number of hydrogen-bond acceptors (Lipinski definition) is 11. The number of nitrogens with one attached hydrogen (secondary N) is 1. The molecule has 1 fully saturated rings. The van der Waals surface area contributed by atoms with Crippen LogP contribution >= 0.6 is 23.1 Å². The molecule has 3 amide bonds. The average molecular weight is 585 g/mol. The van der Waals surface area contributed by atoms with Gasteiger partial charge in [-0.05, 0) is 19.1 Å². The molecule has 16 heteroatoms. The zero-order valence-corrected chi connectivity index (χ0v) is 23.0. The first kappa shape index (κ1) is 27.1. The van der Waals surface area contributed by atoms with Gasteiger partial charge in [0.25, 0.3) is 17.7 Å². The highest BCUT2D eigenvalue weighted by Crippen LogP contribution is 2.40. The van der Waals surface area contributed by atoms with E-state index in [0.717, 1.165) is 27.4 Å². The molecule has 3 aromatic rings. The van der Waals surface area contributed by atoms with Crippen LogP contribution in [0.2, 0.25) is 0 Å². The first-order chi connectivity index (χ1) is 19.1. The third-order valence-electron chi connectivity index (χ3n) is 6.52. The molecule has 208 valence electrons. The summed E-state index contributed by atoms with van der Waals surface area (Å²) < 4.78 is 3.47. The molecular weight excluding hydrogens is 560 g/mol. The van der Waals surface area contributed by atoms with E-state index in [1.807, 2.05) is 11.5 Å². The first-order valence-electron chi connectivity index (χ1n) is 12.0. The number of β-lactam (4-membered cyclic amide) rings is 1. The van der Waals surface area contributed by atoms with Crippen molar-refractivity contribution in [1.29, 1.82) is 0 Å². The smallest absolute Gasteiger partial charge is 0.276 e. The molecular formula is C24H24N8O6S2. The van der Waals surface area contributed by atoms with Crippen molar-refractivity contribution >= 4 is 63.1 Å². The normalized spacial score (nSPS) is 18.9. The maximum Gasteiger partial charge on any atom is 0.276 e. The van der Waals surface area contributed by atoms with Crippen LogP contribution in [0.4, 0.5) is 5.13 Å². The Morgan fingerprint density at radius 2 is 2.12 bits per heavy atom. The van der Waals surface area contributed by atoms with Gasteiger partial charge in [0.1, 0.15) is 34.9 Å². The number of aliphatic carboxylic acids is 1. The van der Waals surface area contributed by atoms with Gasteiger partial charge in [-0.15, -0.1) is 23.1 Å². The number of aryl methyl sites for hydroxylation is 1. The molecule has 0 aromatic carbocycles. The summed E-state index contributed by atoms with van der Waals surface area (Å²) in [6.07, 6.45) is 3.37. The number of nitrogens with two attached hydrogens (primary N) is 2. The number of aromatic nitrogens is 3. The fraction of sp³-hybridized carbons (Fsp3) is 0.292. The number of carboxylic acid groups (broad SMARTS) is 1. The molecule has 2 aliphatic rings. The van der Waals surface area contributed by atoms with E-state index in [1.165, 1.54) is 11.8 Å². The van der Waals surface area contributed by atoms with Gasteiger partial charge in [-0.2, -0.15) is 4.57 Å². The van der Waals surface area contributed by atoms with Gasteiger partial charge >= 0.3 is 0 Å². The minimum absolute atomic E-state index is 0.148. The summed E-state index contributed by atoms with van der Waals surface area (Å²) in [5, 5.41) is 19.8. The lowest BCUT2D eigenvalue weighted by Gasteiger charge is -2.50. The van der Waals surface area contributed by atoms with E-state index >= 15 is 0 Å². The Hall–Kier alpha value is -4.44. The summed E-state index contributed by atoms with van der Waals surface area (Å²) in [5.41, 5.74) is 13.2. The molecule has 2 aliphatic heterocycles. The monoisotopic (exact) mass is 584 g/mol. The average Bonchev–Trinajstić information content (AvgIpc) is 3.55. The van der Waals surface area contributed by atoms with Gasteiger partial charge in [0, 0.05) is 23.6 Å². The van der Waals surface area contributed by atoms with Crippen molar-refractivity contribution in [3.8, 4) is 0 Å². The van der Waals surface area contributed by atoms with Crippen LogP contribution in [0.1, 0.15) is 28.8 Å². The van der Waals surface area contributed by atoms with Crippen LogP contribution in [-0.2, 0) is 25.8 Å². The lowest BCUT2D eigenvalue weighted by Crippen LogP contribution is -2.71. The van der Waals surface area contributed by atoms with Gasteiger partial charge in [0.2, 0.25) is 5.69 Å². The van der Waals surface area contributed by atoms with Crippen molar-refractivity contribution in [1.82, 2.24) is 19.6 Å². The van der Waals surface area contributed by atoms with Crippen molar-refractivity contribution in [3.63, 3.8) is 0 Å². The maximum atomic E-state index is 13.1. The molecule has 0 radical (unpaired) electrons. The highest BCUT2D eigenvalue weighted by Gasteiger charge is 2.53. The van der Waals surface area contributed by atoms with Crippen LogP contribution in [0.5, 0.6) is 0 Å². The molecule has 14 nitrogen and oxygen atoms in total. The number of rotatable bonds is 9. The fourth-order valence-electron chi connectivity index (χ4n) is 4.62. The summed E-state index contributed by atoms with van der Waals surface area (Å²) in [6, 6.07) is 2.37. The fourth-order valence-corrected chi connectivity index (χ4v) is 6.50. The largest absolute Gasteiger partial charge is 0.543 e. The van der Waals surface area contributed by atoms with Crippen LogP contribution < -0.4 is 26.5 Å². The Bertz CT molecular complexity index is 1630. The minimum atomic E-state index is -1.49. The SMILES string of the molecule is CCO/N=C(\C(=O)N[C@@H]1C(=O)N2C(C(=O)[O-])=C(C[n+]3ccn4c(C(N)=O)ccc4c3C)CS[C@@H]12)c1csc(N)n1. The van der Waals surface area contributed by atoms with Crippen LogP contribution in [0.25, 0.3) is 5.52 Å². The number of thioether (sulfide) groups is 1. The van der Waals surface area contributed by atoms with Gasteiger partial charge in [-0.3, -0.25) is 19.3 Å². The van der Waals surface area contributed by atoms with Crippen molar-refractivity contribution in [2.24, 2.45) is 10.9 Å². The Balaban J connectivity index is 1.38. The molecule has 0 bridgehead atoms. The number of carbonyl (C=O) groups is 4. The van der Waals surface area contributed by atoms with E-state index in [0.29, 0.717) is 11.3 Å². The summed E-state index contributed by atoms with van der Waals surface area (Å²) in [4.78, 5) is 60.3. The zero-order valence-electron chi connectivity index (χ0n) is 21.3. The number of anilines is 1. The molecule has 3 aromatic heterocycles. The maximum absolute atomic E-state index is 13.1. The summed E-state index contributed by atoms with van der Waals surface area (Å²) in [7, 11) is 0. The van der Waals surface area contributed by atoms with E-state index < -0.39 is 35.1 Å². The number of nitrogen functional groups attached to an aromatic ring is 1. The second kappa shape index (κ2) is 10.6. The van der Waals surface area contributed by atoms with Gasteiger partial charge in [-0.25, -0.2) is 4.98 Å². The number of thiazole rings is 1. The third-order valence-corrected chi connectivity index (χ3v) is 8.53. The number of oxime groups is 1. The van der Waals surface area contributed by atoms with E-state index in [2.05, 4.69) is 15.5 Å². The van der Waals surface area contributed by atoms with Gasteiger partial charge < -0.3 is 35.9 Å². The summed E-state index contributed by atoms with van der Waals surface area (Å²) in [6.45, 7) is 3.89. The highest BCUT2D eigenvalue weighted by atomic mass is 32.2. The summed E-state index contributed by atoms with van der Waals surface area (Å²) >= 11 is 2.44. The minimum Gasteiger partial charge on any atom is -0.543 e. The quantitative estimate of drug-likeness (QED) is 0.116. The highest BCUT2D eigenvalue weighted by molar-refractivity contribution is 8.00. The van der Waals surface area contributed by atoms with Crippen LogP contribution in [0.15, 0.2) is 46.3 Å². The van der Waals surface area contributed by atoms with Crippen molar-refractivity contribution < 1.29 is 33.7 Å². The number of nitrogens with zero attached hydrogens (tertiary/aromatic N) is 5. The predicted octanol–water partition coefficient (Wildman–Crippen LogP) is -1.48. The topological polar surface area (TPSA) is 201 Å². The number of primary amides is 1. The van der Waals surface area contributed by atoms with Crippen molar-refractivity contribution in [2.75, 3.05) is 18.1 Å². The number of carbonyl (C=O) groups excluding carboxylic acids is 4. The molecule has 2 atom stereocenters. The van der Waals surface area contributed by atoms with Crippen LogP contribution in [0, 0.1) is 6.92 Å². The summed E-state index contributed by atoms with van der Waals surface area (Å²) in [5.74, 6) is -3.08. The first-order valence-corrected chi connectivity index (χ1v) is 13.9. The Labute approximate surface area is 235 Å². The Morgan fingerprint density at radius 3 is 2.77 bits per heavy atom. The van der Waals surface area contributed by atoms with E-state index in [-0.39, 0.29) is 41.1 Å². The molecule has 1 saturated heterocycles. The van der Waals surface area contributed by atoms with E-state index in [4.69, 9.17) is 16.3 Å². The number of fused-ring (bicyclic) bond motifs is 2. The lowest BCUT2D eigenvalue weighted by atomic mass is 10.0. The number of hydrogen-bond donors (Lipinski definition) is 3. The molecule has 5 rings (SSSR count). The lowest BCUT2D eigenvalue weighted by molar-refractivity contribution is -0.694. The van der Waals surface area contributed by atoms with Crippen molar-refractivity contribution in [3.05, 3.63) is 58.3 Å².